The van der Waals surface area contributed by atoms with Gasteiger partial charge >= 0.3 is 0 Å². The zero-order valence-corrected chi connectivity index (χ0v) is 11.2. The number of carbonyl (C=O) groups excluding carboxylic acids is 1. The van der Waals surface area contributed by atoms with Crippen molar-refractivity contribution >= 4 is 11.6 Å². The van der Waals surface area contributed by atoms with Gasteiger partial charge in [0.1, 0.15) is 5.75 Å². The standard InChI is InChI=1S/C14H20N2O2/c1-14(2,15-3)13(17)16-11-6-7-12-10(9-11)5-4-8-18-12/h6-7,9,15H,4-5,8H2,1-3H3,(H,16,17). The van der Waals surface area contributed by atoms with Gasteiger partial charge in [-0.15, -0.1) is 0 Å². The van der Waals surface area contributed by atoms with E-state index in [4.69, 9.17) is 4.74 Å². The highest BCUT2D eigenvalue weighted by atomic mass is 16.5. The number of carbonyl (C=O) groups is 1. The highest BCUT2D eigenvalue weighted by Crippen LogP contribution is 2.27. The number of hydrogen-bond donors (Lipinski definition) is 2. The summed E-state index contributed by atoms with van der Waals surface area (Å²) in [6.07, 6.45) is 2.04. The molecule has 0 saturated carbocycles. The Morgan fingerprint density at radius 1 is 1.39 bits per heavy atom. The fourth-order valence-electron chi connectivity index (χ4n) is 1.84. The predicted octanol–water partition coefficient (Wildman–Crippen LogP) is 1.95. The summed E-state index contributed by atoms with van der Waals surface area (Å²) in [6, 6.07) is 5.81. The summed E-state index contributed by atoms with van der Waals surface area (Å²) in [4.78, 5) is 12.0. The first kappa shape index (κ1) is 12.9. The normalized spacial score (nSPS) is 14.6. The Balaban J connectivity index is 2.13. The van der Waals surface area contributed by atoms with E-state index in [-0.39, 0.29) is 5.91 Å². The van der Waals surface area contributed by atoms with Gasteiger partial charge in [0, 0.05) is 5.69 Å². The van der Waals surface area contributed by atoms with E-state index in [2.05, 4.69) is 10.6 Å². The maximum Gasteiger partial charge on any atom is 0.244 e. The molecule has 2 N–H and O–H groups in total. The van der Waals surface area contributed by atoms with Crippen molar-refractivity contribution in [1.29, 1.82) is 0 Å². The minimum Gasteiger partial charge on any atom is -0.493 e. The molecule has 2 rings (SSSR count). The molecule has 98 valence electrons. The SMILES string of the molecule is CNC(C)(C)C(=O)Nc1ccc2c(c1)CCCO2. The zero-order chi connectivity index (χ0) is 13.2. The summed E-state index contributed by atoms with van der Waals surface area (Å²) in [6.45, 7) is 4.49. The smallest absolute Gasteiger partial charge is 0.244 e. The minimum absolute atomic E-state index is 0.0401. The van der Waals surface area contributed by atoms with Crippen LogP contribution in [0.1, 0.15) is 25.8 Å². The summed E-state index contributed by atoms with van der Waals surface area (Å²) in [5.74, 6) is 0.897. The van der Waals surface area contributed by atoms with Crippen LogP contribution in [-0.2, 0) is 11.2 Å². The monoisotopic (exact) mass is 248 g/mol. The Hall–Kier alpha value is -1.55. The van der Waals surface area contributed by atoms with Crippen molar-refractivity contribution in [2.75, 3.05) is 19.0 Å². The molecule has 1 aliphatic heterocycles. The second-order valence-corrected chi connectivity index (χ2v) is 5.10. The molecule has 0 aliphatic carbocycles. The Morgan fingerprint density at radius 2 is 2.17 bits per heavy atom. The Labute approximate surface area is 108 Å². The van der Waals surface area contributed by atoms with Gasteiger partial charge in [0.2, 0.25) is 5.91 Å². The quantitative estimate of drug-likeness (QED) is 0.859. The lowest BCUT2D eigenvalue weighted by atomic mass is 10.0. The average Bonchev–Trinajstić information content (AvgIpc) is 2.38. The van der Waals surface area contributed by atoms with Crippen LogP contribution in [0.3, 0.4) is 0 Å². The molecule has 4 nitrogen and oxygen atoms in total. The third kappa shape index (κ3) is 2.64. The molecule has 1 amide bonds. The number of nitrogens with one attached hydrogen (secondary N) is 2. The van der Waals surface area contributed by atoms with Crippen molar-refractivity contribution in [2.45, 2.75) is 32.2 Å². The lowest BCUT2D eigenvalue weighted by Crippen LogP contribution is -2.47. The third-order valence-corrected chi connectivity index (χ3v) is 3.36. The Bertz CT molecular complexity index is 455. The Morgan fingerprint density at radius 3 is 2.89 bits per heavy atom. The zero-order valence-electron chi connectivity index (χ0n) is 11.2. The largest absolute Gasteiger partial charge is 0.493 e. The van der Waals surface area contributed by atoms with Crippen LogP contribution in [0.2, 0.25) is 0 Å². The number of likely N-dealkylation sites (N-methyl/N-ethyl adjacent to an activating group) is 1. The van der Waals surface area contributed by atoms with E-state index in [1.165, 1.54) is 5.56 Å². The molecule has 0 aromatic heterocycles. The van der Waals surface area contributed by atoms with Gasteiger partial charge < -0.3 is 15.4 Å². The molecule has 1 aliphatic rings. The van der Waals surface area contributed by atoms with Crippen molar-refractivity contribution < 1.29 is 9.53 Å². The van der Waals surface area contributed by atoms with Crippen LogP contribution in [0.4, 0.5) is 5.69 Å². The van der Waals surface area contributed by atoms with Crippen LogP contribution >= 0.6 is 0 Å². The van der Waals surface area contributed by atoms with Crippen molar-refractivity contribution in [1.82, 2.24) is 5.32 Å². The first-order valence-electron chi connectivity index (χ1n) is 6.29. The number of amides is 1. The molecule has 0 unspecified atom stereocenters. The van der Waals surface area contributed by atoms with Crippen LogP contribution in [-0.4, -0.2) is 25.1 Å². The van der Waals surface area contributed by atoms with E-state index in [1.807, 2.05) is 32.0 Å². The van der Waals surface area contributed by atoms with Crippen LogP contribution < -0.4 is 15.4 Å². The molecule has 18 heavy (non-hydrogen) atoms. The third-order valence-electron chi connectivity index (χ3n) is 3.36. The van der Waals surface area contributed by atoms with Gasteiger partial charge in [-0.3, -0.25) is 4.79 Å². The number of aryl methyl sites for hydroxylation is 1. The lowest BCUT2D eigenvalue weighted by molar-refractivity contribution is -0.121. The summed E-state index contributed by atoms with van der Waals surface area (Å²) in [7, 11) is 1.78. The van der Waals surface area contributed by atoms with E-state index < -0.39 is 5.54 Å². The number of fused-ring (bicyclic) bond motifs is 1. The number of ether oxygens (including phenoxy) is 1. The van der Waals surface area contributed by atoms with Crippen LogP contribution in [0.5, 0.6) is 5.75 Å². The molecule has 0 fully saturated rings. The first-order chi connectivity index (χ1) is 8.53. The van der Waals surface area contributed by atoms with E-state index in [0.29, 0.717) is 0 Å². The maximum absolute atomic E-state index is 12.0. The molecular weight excluding hydrogens is 228 g/mol. The van der Waals surface area contributed by atoms with Gasteiger partial charge in [-0.05, 0) is 57.5 Å². The molecule has 4 heteroatoms. The molecule has 0 spiro atoms. The minimum atomic E-state index is -0.577. The summed E-state index contributed by atoms with van der Waals surface area (Å²) >= 11 is 0. The van der Waals surface area contributed by atoms with Gasteiger partial charge in [-0.25, -0.2) is 0 Å². The van der Waals surface area contributed by atoms with Gasteiger partial charge in [-0.1, -0.05) is 0 Å². The van der Waals surface area contributed by atoms with Gasteiger partial charge in [0.15, 0.2) is 0 Å². The molecule has 0 radical (unpaired) electrons. The van der Waals surface area contributed by atoms with E-state index in [1.54, 1.807) is 7.05 Å². The molecule has 1 heterocycles. The lowest BCUT2D eigenvalue weighted by Gasteiger charge is -2.23. The van der Waals surface area contributed by atoms with Crippen molar-refractivity contribution in [3.8, 4) is 5.75 Å². The summed E-state index contributed by atoms with van der Waals surface area (Å²) in [5, 5.41) is 5.91. The van der Waals surface area contributed by atoms with Crippen LogP contribution in [0, 0.1) is 0 Å². The topological polar surface area (TPSA) is 50.4 Å². The Kier molecular flexibility index (Phi) is 3.57. The van der Waals surface area contributed by atoms with E-state index >= 15 is 0 Å². The van der Waals surface area contributed by atoms with E-state index in [0.717, 1.165) is 30.9 Å². The second-order valence-electron chi connectivity index (χ2n) is 5.10. The first-order valence-corrected chi connectivity index (χ1v) is 6.29. The second kappa shape index (κ2) is 4.98. The molecule has 0 saturated heterocycles. The number of hydrogen-bond acceptors (Lipinski definition) is 3. The van der Waals surface area contributed by atoms with Crippen molar-refractivity contribution in [3.05, 3.63) is 23.8 Å². The predicted molar refractivity (Wildman–Crippen MR) is 72.0 cm³/mol. The van der Waals surface area contributed by atoms with Gasteiger partial charge in [0.25, 0.3) is 0 Å². The molecule has 0 atom stereocenters. The summed E-state index contributed by atoms with van der Waals surface area (Å²) in [5.41, 5.74) is 1.42. The molecule has 1 aromatic carbocycles. The number of benzene rings is 1. The highest BCUT2D eigenvalue weighted by molar-refractivity contribution is 5.97. The number of rotatable bonds is 3. The maximum atomic E-state index is 12.0. The fourth-order valence-corrected chi connectivity index (χ4v) is 1.84. The molecule has 0 bridgehead atoms. The number of anilines is 1. The van der Waals surface area contributed by atoms with Gasteiger partial charge in [0.05, 0.1) is 12.1 Å². The summed E-state index contributed by atoms with van der Waals surface area (Å²) < 4.78 is 5.55. The fraction of sp³-hybridized carbons (Fsp3) is 0.500. The average molecular weight is 248 g/mol. The van der Waals surface area contributed by atoms with Crippen LogP contribution in [0.15, 0.2) is 18.2 Å². The molecular formula is C14H20N2O2. The van der Waals surface area contributed by atoms with E-state index in [9.17, 15) is 4.79 Å². The van der Waals surface area contributed by atoms with Crippen molar-refractivity contribution in [2.24, 2.45) is 0 Å². The highest BCUT2D eigenvalue weighted by Gasteiger charge is 2.25. The van der Waals surface area contributed by atoms with Gasteiger partial charge in [-0.2, -0.15) is 0 Å². The van der Waals surface area contributed by atoms with Crippen LogP contribution in [0.25, 0.3) is 0 Å². The molecule has 1 aromatic rings. The van der Waals surface area contributed by atoms with Crippen molar-refractivity contribution in [3.63, 3.8) is 0 Å².